The Morgan fingerprint density at radius 1 is 1.17 bits per heavy atom. The van der Waals surface area contributed by atoms with E-state index in [1.54, 1.807) is 18.3 Å². The third-order valence-corrected chi connectivity index (χ3v) is 3.42. The Labute approximate surface area is 149 Å². The van der Waals surface area contributed by atoms with Crippen molar-refractivity contribution >= 4 is 28.1 Å². The molecule has 0 unspecified atom stereocenters. The molecule has 0 saturated carbocycles. The van der Waals surface area contributed by atoms with E-state index in [0.717, 1.165) is 22.2 Å². The molecule has 0 fully saturated rings. The molecule has 0 heterocycles. The van der Waals surface area contributed by atoms with Crippen molar-refractivity contribution in [1.29, 1.82) is 0 Å². The fraction of sp³-hybridized carbons (Fsp3) is 0.222. The van der Waals surface area contributed by atoms with Crippen LogP contribution in [0.25, 0.3) is 0 Å². The summed E-state index contributed by atoms with van der Waals surface area (Å²) in [6, 6.07) is 14.8. The van der Waals surface area contributed by atoms with Gasteiger partial charge < -0.3 is 9.47 Å². The summed E-state index contributed by atoms with van der Waals surface area (Å²) in [4.78, 5) is 11.7. The van der Waals surface area contributed by atoms with Crippen molar-refractivity contribution in [3.63, 3.8) is 0 Å². The monoisotopic (exact) mass is 390 g/mol. The minimum atomic E-state index is -0.325. The van der Waals surface area contributed by atoms with Crippen LogP contribution in [-0.2, 0) is 4.79 Å². The van der Waals surface area contributed by atoms with E-state index in [0.29, 0.717) is 12.4 Å². The largest absolute Gasteiger partial charge is 0.494 e. The van der Waals surface area contributed by atoms with Crippen molar-refractivity contribution in [3.05, 3.63) is 58.6 Å². The zero-order valence-electron chi connectivity index (χ0n) is 13.4. The van der Waals surface area contributed by atoms with Gasteiger partial charge in [-0.3, -0.25) is 4.79 Å². The Kier molecular flexibility index (Phi) is 7.29. The van der Waals surface area contributed by atoms with E-state index in [9.17, 15) is 4.79 Å². The molecule has 6 heteroatoms. The second kappa shape index (κ2) is 9.72. The molecule has 0 bridgehead atoms. The van der Waals surface area contributed by atoms with Crippen LogP contribution in [0.4, 0.5) is 0 Å². The number of nitrogens with zero attached hydrogens (tertiary/aromatic N) is 1. The van der Waals surface area contributed by atoms with E-state index >= 15 is 0 Å². The molecule has 24 heavy (non-hydrogen) atoms. The lowest BCUT2D eigenvalue weighted by atomic mass is 10.2. The number of hydrogen-bond donors (Lipinski definition) is 1. The summed E-state index contributed by atoms with van der Waals surface area (Å²) < 4.78 is 11.8. The number of nitrogens with one attached hydrogen (secondary N) is 1. The number of amides is 1. The number of benzene rings is 2. The maximum atomic E-state index is 11.7. The second-order valence-electron chi connectivity index (χ2n) is 4.96. The molecular formula is C18H19BrN2O3. The Hall–Kier alpha value is -2.34. The molecule has 0 aliphatic heterocycles. The first kappa shape index (κ1) is 18.0. The van der Waals surface area contributed by atoms with Crippen LogP contribution in [0.2, 0.25) is 0 Å². The van der Waals surface area contributed by atoms with Gasteiger partial charge in [0.2, 0.25) is 0 Å². The van der Waals surface area contributed by atoms with Crippen LogP contribution in [0, 0.1) is 0 Å². The highest BCUT2D eigenvalue weighted by atomic mass is 79.9. The van der Waals surface area contributed by atoms with Gasteiger partial charge in [0.25, 0.3) is 5.91 Å². The van der Waals surface area contributed by atoms with Crippen LogP contribution < -0.4 is 14.9 Å². The van der Waals surface area contributed by atoms with Gasteiger partial charge in [0.05, 0.1) is 12.8 Å². The van der Waals surface area contributed by atoms with Gasteiger partial charge in [-0.25, -0.2) is 5.43 Å². The molecule has 0 aliphatic rings. The molecule has 126 valence electrons. The number of rotatable bonds is 8. The van der Waals surface area contributed by atoms with Gasteiger partial charge in [-0.15, -0.1) is 0 Å². The molecule has 5 nitrogen and oxygen atoms in total. The third-order valence-electron chi connectivity index (χ3n) is 2.92. The molecule has 1 N–H and O–H groups in total. The number of halogens is 1. The average Bonchev–Trinajstić information content (AvgIpc) is 2.59. The number of ether oxygens (including phenoxy) is 2. The van der Waals surface area contributed by atoms with Crippen LogP contribution in [0.5, 0.6) is 11.5 Å². The molecule has 2 rings (SSSR count). The molecule has 1 amide bonds. The van der Waals surface area contributed by atoms with Crippen molar-refractivity contribution in [2.75, 3.05) is 13.2 Å². The van der Waals surface area contributed by atoms with Crippen LogP contribution in [0.3, 0.4) is 0 Å². The number of carbonyl (C=O) groups excluding carboxylic acids is 1. The fourth-order valence-electron chi connectivity index (χ4n) is 1.79. The lowest BCUT2D eigenvalue weighted by Crippen LogP contribution is -2.24. The molecule has 0 aromatic heterocycles. The Morgan fingerprint density at radius 2 is 1.96 bits per heavy atom. The van der Waals surface area contributed by atoms with E-state index in [1.807, 2.05) is 36.4 Å². The van der Waals surface area contributed by atoms with Gasteiger partial charge in [0.1, 0.15) is 11.5 Å². The third kappa shape index (κ3) is 6.42. The standard InChI is InChI=1S/C18H19BrN2O3/c1-2-10-23-16-8-6-14(7-9-16)12-20-21-18(22)13-24-17-5-3-4-15(19)11-17/h3-9,11-12H,2,10,13H2,1H3,(H,21,22)/b20-12-. The lowest BCUT2D eigenvalue weighted by molar-refractivity contribution is -0.123. The van der Waals surface area contributed by atoms with Gasteiger partial charge >= 0.3 is 0 Å². The highest BCUT2D eigenvalue weighted by molar-refractivity contribution is 9.10. The summed E-state index contributed by atoms with van der Waals surface area (Å²) in [5.41, 5.74) is 3.30. The average molecular weight is 391 g/mol. The first-order chi connectivity index (χ1) is 11.7. The van der Waals surface area contributed by atoms with E-state index in [-0.39, 0.29) is 12.5 Å². The van der Waals surface area contributed by atoms with E-state index in [1.165, 1.54) is 0 Å². The lowest BCUT2D eigenvalue weighted by Gasteiger charge is -2.05. The highest BCUT2D eigenvalue weighted by Crippen LogP contribution is 2.17. The van der Waals surface area contributed by atoms with E-state index < -0.39 is 0 Å². The zero-order valence-corrected chi connectivity index (χ0v) is 15.0. The van der Waals surface area contributed by atoms with Gasteiger partial charge in [0, 0.05) is 4.47 Å². The molecule has 0 atom stereocenters. The molecule has 2 aromatic carbocycles. The van der Waals surface area contributed by atoms with E-state index in [4.69, 9.17) is 9.47 Å². The topological polar surface area (TPSA) is 59.9 Å². The summed E-state index contributed by atoms with van der Waals surface area (Å²) in [7, 11) is 0. The van der Waals surface area contributed by atoms with Crippen molar-refractivity contribution in [2.24, 2.45) is 5.10 Å². The molecule has 0 saturated heterocycles. The van der Waals surface area contributed by atoms with Crippen molar-refractivity contribution < 1.29 is 14.3 Å². The number of carbonyl (C=O) groups is 1. The molecule has 0 aliphatic carbocycles. The number of hydrazone groups is 1. The molecular weight excluding hydrogens is 372 g/mol. The van der Waals surface area contributed by atoms with Crippen LogP contribution >= 0.6 is 15.9 Å². The van der Waals surface area contributed by atoms with Crippen LogP contribution in [0.1, 0.15) is 18.9 Å². The smallest absolute Gasteiger partial charge is 0.277 e. The van der Waals surface area contributed by atoms with Crippen molar-refractivity contribution in [3.8, 4) is 11.5 Å². The molecule has 0 radical (unpaired) electrons. The first-order valence-corrected chi connectivity index (χ1v) is 8.40. The SMILES string of the molecule is CCCOc1ccc(/C=N\NC(=O)COc2cccc(Br)c2)cc1. The second-order valence-corrected chi connectivity index (χ2v) is 5.87. The van der Waals surface area contributed by atoms with Crippen LogP contribution in [-0.4, -0.2) is 25.3 Å². The van der Waals surface area contributed by atoms with Gasteiger partial charge in [0.15, 0.2) is 6.61 Å². The van der Waals surface area contributed by atoms with Crippen molar-refractivity contribution in [1.82, 2.24) is 5.43 Å². The summed E-state index contributed by atoms with van der Waals surface area (Å²) >= 11 is 3.34. The predicted molar refractivity (Wildman–Crippen MR) is 97.6 cm³/mol. The van der Waals surface area contributed by atoms with Crippen molar-refractivity contribution in [2.45, 2.75) is 13.3 Å². The summed E-state index contributed by atoms with van der Waals surface area (Å²) in [6.45, 7) is 2.66. The summed E-state index contributed by atoms with van der Waals surface area (Å²) in [5, 5.41) is 3.91. The maximum absolute atomic E-state index is 11.7. The zero-order chi connectivity index (χ0) is 17.2. The Morgan fingerprint density at radius 3 is 2.67 bits per heavy atom. The summed E-state index contributed by atoms with van der Waals surface area (Å²) in [5.74, 6) is 1.11. The first-order valence-electron chi connectivity index (χ1n) is 7.60. The van der Waals surface area contributed by atoms with Gasteiger partial charge in [-0.05, 0) is 54.4 Å². The fourth-order valence-corrected chi connectivity index (χ4v) is 2.17. The van der Waals surface area contributed by atoms with Gasteiger partial charge in [-0.2, -0.15) is 5.10 Å². The normalized spacial score (nSPS) is 10.6. The highest BCUT2D eigenvalue weighted by Gasteiger charge is 2.01. The van der Waals surface area contributed by atoms with Crippen LogP contribution in [0.15, 0.2) is 58.1 Å². The number of hydrogen-bond acceptors (Lipinski definition) is 4. The molecule has 2 aromatic rings. The molecule has 0 spiro atoms. The maximum Gasteiger partial charge on any atom is 0.277 e. The quantitative estimate of drug-likeness (QED) is 0.551. The Balaban J connectivity index is 1.75. The van der Waals surface area contributed by atoms with E-state index in [2.05, 4.69) is 33.4 Å². The van der Waals surface area contributed by atoms with Gasteiger partial charge in [-0.1, -0.05) is 28.9 Å². The Bertz CT molecular complexity index is 687. The minimum absolute atomic E-state index is 0.0996. The summed E-state index contributed by atoms with van der Waals surface area (Å²) in [6.07, 6.45) is 2.54. The predicted octanol–water partition coefficient (Wildman–Crippen LogP) is 3.77. The minimum Gasteiger partial charge on any atom is -0.494 e.